The van der Waals surface area contributed by atoms with Crippen molar-refractivity contribution in [1.82, 2.24) is 0 Å². The molecule has 1 heterocycles. The van der Waals surface area contributed by atoms with Crippen LogP contribution >= 0.6 is 0 Å². The average Bonchev–Trinajstić information content (AvgIpc) is 3.06. The van der Waals surface area contributed by atoms with E-state index in [-0.39, 0.29) is 30.6 Å². The number of carbonyl (C=O) groups excluding carboxylic acids is 3. The second-order valence-corrected chi connectivity index (χ2v) is 6.49. The molecule has 1 N–H and O–H groups in total. The van der Waals surface area contributed by atoms with Crippen molar-refractivity contribution < 1.29 is 19.1 Å². The predicted octanol–water partition coefficient (Wildman–Crippen LogP) is 3.75. The molecule has 1 aliphatic heterocycles. The lowest BCUT2D eigenvalue weighted by Gasteiger charge is -2.15. The van der Waals surface area contributed by atoms with Gasteiger partial charge in [0.2, 0.25) is 11.8 Å². The number of fused-ring (bicyclic) bond motifs is 1. The first-order chi connectivity index (χ1) is 13.6. The Labute approximate surface area is 161 Å². The summed E-state index contributed by atoms with van der Waals surface area (Å²) in [6, 6.07) is 17.7. The van der Waals surface area contributed by atoms with E-state index in [0.717, 1.165) is 21.4 Å². The lowest BCUT2D eigenvalue weighted by molar-refractivity contribution is -0.121. The molecule has 28 heavy (non-hydrogen) atoms. The molecular formula is C22H18N2O4. The van der Waals surface area contributed by atoms with Crippen molar-refractivity contribution in [2.75, 3.05) is 17.3 Å². The van der Waals surface area contributed by atoms with Crippen LogP contribution in [-0.4, -0.2) is 24.8 Å². The number of hydrogen-bond acceptors (Lipinski definition) is 4. The summed E-state index contributed by atoms with van der Waals surface area (Å²) < 4.78 is 5.38. The molecule has 6 heteroatoms. The van der Waals surface area contributed by atoms with Gasteiger partial charge in [-0.3, -0.25) is 19.3 Å². The molecule has 4 rings (SSSR count). The molecule has 1 fully saturated rings. The number of benzene rings is 3. The van der Waals surface area contributed by atoms with Gasteiger partial charge in [0.1, 0.15) is 5.75 Å². The number of nitrogens with zero attached hydrogens (tertiary/aromatic N) is 1. The molecule has 0 saturated carbocycles. The van der Waals surface area contributed by atoms with Crippen molar-refractivity contribution >= 4 is 39.9 Å². The molecule has 6 nitrogen and oxygen atoms in total. The van der Waals surface area contributed by atoms with Gasteiger partial charge in [0, 0.05) is 34.9 Å². The van der Waals surface area contributed by atoms with Gasteiger partial charge in [0.25, 0.3) is 5.91 Å². The first-order valence-corrected chi connectivity index (χ1v) is 8.91. The Bertz CT molecular complexity index is 1090. The van der Waals surface area contributed by atoms with E-state index in [1.807, 2.05) is 24.3 Å². The van der Waals surface area contributed by atoms with Crippen LogP contribution in [0, 0.1) is 0 Å². The number of rotatable bonds is 4. The molecule has 0 spiro atoms. The summed E-state index contributed by atoms with van der Waals surface area (Å²) >= 11 is 0. The van der Waals surface area contributed by atoms with Crippen LogP contribution in [0.1, 0.15) is 23.2 Å². The highest BCUT2D eigenvalue weighted by atomic mass is 16.5. The van der Waals surface area contributed by atoms with Crippen LogP contribution < -0.4 is 15.0 Å². The number of ether oxygens (including phenoxy) is 1. The Kier molecular flexibility index (Phi) is 4.53. The summed E-state index contributed by atoms with van der Waals surface area (Å²) in [7, 11) is 1.60. The van der Waals surface area contributed by atoms with Gasteiger partial charge in [-0.25, -0.2) is 0 Å². The van der Waals surface area contributed by atoms with E-state index < -0.39 is 0 Å². The minimum Gasteiger partial charge on any atom is -0.496 e. The number of methoxy groups -OCH3 is 1. The Hall–Kier alpha value is -3.67. The number of amides is 3. The topological polar surface area (TPSA) is 75.7 Å². The van der Waals surface area contributed by atoms with Gasteiger partial charge in [0.15, 0.2) is 0 Å². The molecule has 0 bridgehead atoms. The van der Waals surface area contributed by atoms with Crippen LogP contribution in [0.25, 0.3) is 10.8 Å². The number of anilines is 2. The highest BCUT2D eigenvalue weighted by Gasteiger charge is 2.30. The molecule has 1 saturated heterocycles. The maximum absolute atomic E-state index is 12.8. The van der Waals surface area contributed by atoms with Crippen molar-refractivity contribution in [2.45, 2.75) is 12.8 Å². The summed E-state index contributed by atoms with van der Waals surface area (Å²) in [4.78, 5) is 37.9. The largest absolute Gasteiger partial charge is 0.496 e. The van der Waals surface area contributed by atoms with Gasteiger partial charge in [-0.1, -0.05) is 30.3 Å². The van der Waals surface area contributed by atoms with E-state index >= 15 is 0 Å². The quantitative estimate of drug-likeness (QED) is 0.706. The van der Waals surface area contributed by atoms with Crippen molar-refractivity contribution in [3.63, 3.8) is 0 Å². The highest BCUT2D eigenvalue weighted by molar-refractivity contribution is 6.20. The van der Waals surface area contributed by atoms with Crippen LogP contribution in [0.5, 0.6) is 5.75 Å². The summed E-state index contributed by atoms with van der Waals surface area (Å²) in [6.07, 6.45) is 0.403. The van der Waals surface area contributed by atoms with Crippen LogP contribution in [0.4, 0.5) is 11.4 Å². The normalized spacial score (nSPS) is 13.8. The van der Waals surface area contributed by atoms with Crippen molar-refractivity contribution in [3.8, 4) is 5.75 Å². The summed E-state index contributed by atoms with van der Waals surface area (Å²) in [5, 5.41) is 4.66. The maximum atomic E-state index is 12.8. The zero-order valence-corrected chi connectivity index (χ0v) is 15.3. The Morgan fingerprint density at radius 3 is 2.36 bits per heavy atom. The monoisotopic (exact) mass is 374 g/mol. The lowest BCUT2D eigenvalue weighted by Crippen LogP contribution is -2.28. The van der Waals surface area contributed by atoms with Gasteiger partial charge in [-0.15, -0.1) is 0 Å². The summed E-state index contributed by atoms with van der Waals surface area (Å²) in [6.45, 7) is 0. The molecule has 0 aromatic heterocycles. The summed E-state index contributed by atoms with van der Waals surface area (Å²) in [5.41, 5.74) is 1.43. The standard InChI is InChI=1S/C22H18N2O4/c1-28-19-10-9-18(16-7-2-3-8-17(16)19)23-22(27)14-5-4-6-15(13-14)24-20(25)11-12-21(24)26/h2-10,13H,11-12H2,1H3,(H,23,27). The highest BCUT2D eigenvalue weighted by Crippen LogP contribution is 2.32. The van der Waals surface area contributed by atoms with Gasteiger partial charge < -0.3 is 10.1 Å². The van der Waals surface area contributed by atoms with Crippen molar-refractivity contribution in [1.29, 1.82) is 0 Å². The van der Waals surface area contributed by atoms with Gasteiger partial charge in [-0.2, -0.15) is 0 Å². The van der Waals surface area contributed by atoms with E-state index in [2.05, 4.69) is 5.32 Å². The Morgan fingerprint density at radius 2 is 1.64 bits per heavy atom. The van der Waals surface area contributed by atoms with Crippen LogP contribution in [0.3, 0.4) is 0 Å². The molecule has 3 amide bonds. The molecule has 3 aromatic rings. The van der Waals surface area contributed by atoms with Gasteiger partial charge >= 0.3 is 0 Å². The third-order valence-electron chi connectivity index (χ3n) is 4.77. The smallest absolute Gasteiger partial charge is 0.255 e. The number of hydrogen-bond donors (Lipinski definition) is 1. The van der Waals surface area contributed by atoms with E-state index in [0.29, 0.717) is 16.9 Å². The molecule has 0 aliphatic carbocycles. The number of nitrogens with one attached hydrogen (secondary N) is 1. The molecular weight excluding hydrogens is 356 g/mol. The minimum atomic E-state index is -0.323. The molecule has 3 aromatic carbocycles. The van der Waals surface area contributed by atoms with E-state index in [1.54, 1.807) is 43.5 Å². The zero-order valence-electron chi connectivity index (χ0n) is 15.3. The number of carbonyl (C=O) groups is 3. The van der Waals surface area contributed by atoms with E-state index in [9.17, 15) is 14.4 Å². The first-order valence-electron chi connectivity index (χ1n) is 8.91. The fourth-order valence-electron chi connectivity index (χ4n) is 3.40. The summed E-state index contributed by atoms with van der Waals surface area (Å²) in [5.74, 6) is -0.0923. The van der Waals surface area contributed by atoms with Crippen LogP contribution in [0.2, 0.25) is 0 Å². The Balaban J connectivity index is 1.65. The van der Waals surface area contributed by atoms with Gasteiger partial charge in [0.05, 0.1) is 12.8 Å². The van der Waals surface area contributed by atoms with E-state index in [4.69, 9.17) is 4.74 Å². The second kappa shape index (κ2) is 7.15. The van der Waals surface area contributed by atoms with E-state index in [1.165, 1.54) is 0 Å². The third-order valence-corrected chi connectivity index (χ3v) is 4.77. The zero-order chi connectivity index (χ0) is 19.7. The van der Waals surface area contributed by atoms with Crippen LogP contribution in [0.15, 0.2) is 60.7 Å². The lowest BCUT2D eigenvalue weighted by atomic mass is 10.1. The fourth-order valence-corrected chi connectivity index (χ4v) is 3.40. The Morgan fingerprint density at radius 1 is 0.929 bits per heavy atom. The minimum absolute atomic E-state index is 0.201. The maximum Gasteiger partial charge on any atom is 0.255 e. The fraction of sp³-hybridized carbons (Fsp3) is 0.136. The third kappa shape index (κ3) is 3.09. The molecule has 0 unspecified atom stereocenters. The second-order valence-electron chi connectivity index (χ2n) is 6.49. The molecule has 1 aliphatic rings. The first kappa shape index (κ1) is 17.7. The molecule has 0 radical (unpaired) electrons. The van der Waals surface area contributed by atoms with Crippen molar-refractivity contribution in [2.24, 2.45) is 0 Å². The van der Waals surface area contributed by atoms with Gasteiger partial charge in [-0.05, 0) is 30.3 Å². The number of imide groups is 1. The SMILES string of the molecule is COc1ccc(NC(=O)c2cccc(N3C(=O)CCC3=O)c2)c2ccccc12. The van der Waals surface area contributed by atoms with Crippen LogP contribution in [-0.2, 0) is 9.59 Å². The predicted molar refractivity (Wildman–Crippen MR) is 107 cm³/mol. The molecule has 140 valence electrons. The molecule has 0 atom stereocenters. The average molecular weight is 374 g/mol. The van der Waals surface area contributed by atoms with Crippen molar-refractivity contribution in [3.05, 3.63) is 66.2 Å².